The molecule has 3 amide bonds. The zero-order chi connectivity index (χ0) is 28.1. The first-order valence-electron chi connectivity index (χ1n) is 14.0. The van der Waals surface area contributed by atoms with Crippen molar-refractivity contribution in [2.24, 2.45) is 17.8 Å². The number of thioether (sulfide) groups is 1. The van der Waals surface area contributed by atoms with Crippen molar-refractivity contribution in [3.8, 4) is 0 Å². The van der Waals surface area contributed by atoms with E-state index in [9.17, 15) is 24.3 Å². The van der Waals surface area contributed by atoms with Gasteiger partial charge in [0.25, 0.3) is 0 Å². The molecule has 14 nitrogen and oxygen atoms in total. The largest absolute Gasteiger partial charge is 0.477 e. The molecular formula is C25H35N9O5S. The predicted molar refractivity (Wildman–Crippen MR) is 142 cm³/mol. The molecule has 4 N–H and O–H groups in total. The number of hydrogen-bond acceptors (Lipinski definition) is 10. The maximum Gasteiger partial charge on any atom is 0.353 e. The summed E-state index contributed by atoms with van der Waals surface area (Å²) in [6.45, 7) is 6.76. The lowest BCUT2D eigenvalue weighted by atomic mass is 9.78. The quantitative estimate of drug-likeness (QED) is 0.270. The highest BCUT2D eigenvalue weighted by atomic mass is 32.2. The molecule has 4 fully saturated rings. The van der Waals surface area contributed by atoms with E-state index >= 15 is 0 Å². The molecule has 0 aliphatic carbocycles. The molecule has 216 valence electrons. The van der Waals surface area contributed by atoms with Crippen molar-refractivity contribution in [1.29, 1.82) is 0 Å². The summed E-state index contributed by atoms with van der Waals surface area (Å²) >= 11 is 1.47. The third-order valence-electron chi connectivity index (χ3n) is 9.01. The van der Waals surface area contributed by atoms with Crippen LogP contribution in [0.4, 0.5) is 0 Å². The number of carbonyl (C=O) groups excluding carboxylic acids is 3. The first-order valence-corrected chi connectivity index (χ1v) is 14.8. The van der Waals surface area contributed by atoms with Gasteiger partial charge in [-0.05, 0) is 49.1 Å². The number of carboxylic acid groups (broad SMARTS) is 1. The maximum absolute atomic E-state index is 13.3. The van der Waals surface area contributed by atoms with E-state index < -0.39 is 17.9 Å². The molecule has 5 aliphatic rings. The number of nitrogens with zero attached hydrogens (tertiary/aromatic N) is 6. The summed E-state index contributed by atoms with van der Waals surface area (Å²) in [4.78, 5) is 55.3. The number of amides is 3. The van der Waals surface area contributed by atoms with Crippen molar-refractivity contribution in [3.63, 3.8) is 0 Å². The summed E-state index contributed by atoms with van der Waals surface area (Å²) in [6.07, 6.45) is 4.24. The summed E-state index contributed by atoms with van der Waals surface area (Å²) in [7, 11) is 0. The van der Waals surface area contributed by atoms with Crippen LogP contribution in [0.2, 0.25) is 0 Å². The van der Waals surface area contributed by atoms with Crippen molar-refractivity contribution >= 4 is 35.5 Å². The summed E-state index contributed by atoms with van der Waals surface area (Å²) in [5.41, 5.74) is 0.0282. The van der Waals surface area contributed by atoms with E-state index in [2.05, 4.69) is 31.5 Å². The molecule has 0 spiro atoms. The van der Waals surface area contributed by atoms with Crippen LogP contribution in [0.15, 0.2) is 16.9 Å². The van der Waals surface area contributed by atoms with E-state index in [4.69, 9.17) is 0 Å². The van der Waals surface area contributed by atoms with Crippen LogP contribution < -0.4 is 16.0 Å². The Morgan fingerprint density at radius 1 is 1.27 bits per heavy atom. The molecule has 6 rings (SSSR count). The Labute approximate surface area is 235 Å². The Morgan fingerprint density at radius 2 is 2.10 bits per heavy atom. The summed E-state index contributed by atoms with van der Waals surface area (Å²) in [5, 5.41) is 30.5. The Morgan fingerprint density at radius 3 is 2.83 bits per heavy atom. The van der Waals surface area contributed by atoms with E-state index in [1.165, 1.54) is 27.7 Å². The number of aromatic nitrogens is 4. The zero-order valence-electron chi connectivity index (χ0n) is 22.5. The minimum atomic E-state index is -1.13. The Bertz CT molecular complexity index is 1210. The fourth-order valence-corrected chi connectivity index (χ4v) is 8.57. The van der Waals surface area contributed by atoms with E-state index in [1.54, 1.807) is 6.92 Å². The molecule has 8 atom stereocenters. The monoisotopic (exact) mass is 573 g/mol. The Kier molecular flexibility index (Phi) is 7.29. The number of carbonyl (C=O) groups is 4. The molecule has 4 saturated heterocycles. The lowest BCUT2D eigenvalue weighted by Gasteiger charge is -2.47. The topological polar surface area (TPSA) is 175 Å². The van der Waals surface area contributed by atoms with Crippen molar-refractivity contribution < 1.29 is 24.3 Å². The number of hydrogen-bond donors (Lipinski definition) is 4. The molecule has 0 radical (unpaired) electrons. The number of aliphatic carboxylic acids is 1. The van der Waals surface area contributed by atoms with E-state index in [1.807, 2.05) is 11.8 Å². The second-order valence-corrected chi connectivity index (χ2v) is 12.9. The van der Waals surface area contributed by atoms with Crippen molar-refractivity contribution in [2.45, 2.75) is 69.1 Å². The summed E-state index contributed by atoms with van der Waals surface area (Å²) in [6, 6.07) is -0.747. The van der Waals surface area contributed by atoms with Crippen LogP contribution in [0, 0.1) is 17.8 Å². The average molecular weight is 574 g/mol. The minimum Gasteiger partial charge on any atom is -0.477 e. The third-order valence-corrected chi connectivity index (χ3v) is 10.5. The fraction of sp³-hybridized carbons (Fsp3) is 0.720. The highest BCUT2D eigenvalue weighted by Crippen LogP contribution is 2.52. The maximum atomic E-state index is 13.3. The normalized spacial score (nSPS) is 34.0. The minimum absolute atomic E-state index is 0.0180. The van der Waals surface area contributed by atoms with Gasteiger partial charge in [-0.1, -0.05) is 6.92 Å². The van der Waals surface area contributed by atoms with E-state index in [0.717, 1.165) is 32.5 Å². The van der Waals surface area contributed by atoms with Crippen molar-refractivity contribution in [3.05, 3.63) is 16.9 Å². The first-order chi connectivity index (χ1) is 19.2. The van der Waals surface area contributed by atoms with Crippen LogP contribution in [0.5, 0.6) is 0 Å². The van der Waals surface area contributed by atoms with Crippen LogP contribution in [0.3, 0.4) is 0 Å². The van der Waals surface area contributed by atoms with Gasteiger partial charge in [0, 0.05) is 47.8 Å². The number of piperidine rings is 1. The van der Waals surface area contributed by atoms with Gasteiger partial charge in [-0.2, -0.15) is 0 Å². The number of tetrazole rings is 1. The Balaban J connectivity index is 1.08. The molecule has 1 aromatic rings. The Hall–Kier alpha value is -3.04. The molecule has 5 aliphatic heterocycles. The highest BCUT2D eigenvalue weighted by molar-refractivity contribution is 8.03. The van der Waals surface area contributed by atoms with Gasteiger partial charge in [-0.15, -0.1) is 16.9 Å². The molecule has 0 saturated carbocycles. The average Bonchev–Trinajstić information content (AvgIpc) is 3.71. The number of β-lactam (4-membered cyclic amide) rings is 1. The van der Waals surface area contributed by atoms with Crippen LogP contribution in [-0.4, -0.2) is 114 Å². The highest BCUT2D eigenvalue weighted by Gasteiger charge is 2.60. The summed E-state index contributed by atoms with van der Waals surface area (Å²) < 4.78 is 1.29. The SMILES string of the molecule is CC(NC(=O)Cn1cnnn1)[C@H]1C(=O)N2C(C(=O)O)=C(S[C@@H]3CN[C@H](C(=O)N4CC5CCCNC5C4)C3)[C@H](C)[C@H]12. The summed E-state index contributed by atoms with van der Waals surface area (Å²) in [5.74, 6) is -1.88. The van der Waals surface area contributed by atoms with Crippen molar-refractivity contribution in [1.82, 2.24) is 46.0 Å². The number of rotatable bonds is 8. The molecule has 0 aromatic carbocycles. The number of carboxylic acids is 1. The molecular weight excluding hydrogens is 538 g/mol. The second kappa shape index (κ2) is 10.7. The smallest absolute Gasteiger partial charge is 0.353 e. The molecule has 6 heterocycles. The van der Waals surface area contributed by atoms with Gasteiger partial charge in [0.15, 0.2) is 0 Å². The molecule has 1 aromatic heterocycles. The molecule has 3 unspecified atom stereocenters. The first kappa shape index (κ1) is 27.1. The lowest BCUT2D eigenvalue weighted by molar-refractivity contribution is -0.158. The van der Waals surface area contributed by atoms with Gasteiger partial charge >= 0.3 is 5.97 Å². The number of nitrogens with one attached hydrogen (secondary N) is 3. The van der Waals surface area contributed by atoms with Gasteiger partial charge in [0.1, 0.15) is 18.6 Å². The number of likely N-dealkylation sites (tertiary alicyclic amines) is 1. The van der Waals surface area contributed by atoms with Crippen molar-refractivity contribution in [2.75, 3.05) is 26.2 Å². The number of fused-ring (bicyclic) bond motifs is 2. The standard InChI is InChI=1S/C25H35N9O5S/c1-12-20-19(13(2)29-18(35)10-33-11-28-30-31-33)24(37)34(20)21(25(38)39)22(12)40-15-6-16(27-7-15)23(36)32-8-14-4-3-5-26-17(14)9-32/h11-17,19-20,26-27H,3-10H2,1-2H3,(H,29,35)(H,38,39)/t12-,13?,14?,15+,16+,17?,19-,20-/m1/s1. The van der Waals surface area contributed by atoms with Gasteiger partial charge in [0.05, 0.1) is 18.0 Å². The molecule has 0 bridgehead atoms. The van der Waals surface area contributed by atoms with E-state index in [-0.39, 0.29) is 53.2 Å². The van der Waals surface area contributed by atoms with Gasteiger partial charge in [-0.3, -0.25) is 14.4 Å². The van der Waals surface area contributed by atoms with Crippen LogP contribution in [0.1, 0.15) is 33.1 Å². The van der Waals surface area contributed by atoms with Gasteiger partial charge < -0.3 is 30.9 Å². The van der Waals surface area contributed by atoms with Gasteiger partial charge in [0.2, 0.25) is 17.7 Å². The molecule has 40 heavy (non-hydrogen) atoms. The zero-order valence-corrected chi connectivity index (χ0v) is 23.3. The van der Waals surface area contributed by atoms with Crippen LogP contribution >= 0.6 is 11.8 Å². The third kappa shape index (κ3) is 4.77. The fourth-order valence-electron chi connectivity index (χ4n) is 7.09. The van der Waals surface area contributed by atoms with Gasteiger partial charge in [-0.25, -0.2) is 9.48 Å². The second-order valence-electron chi connectivity index (χ2n) is 11.5. The lowest BCUT2D eigenvalue weighted by Crippen LogP contribution is -2.66. The van der Waals surface area contributed by atoms with E-state index in [0.29, 0.717) is 29.8 Å². The van der Waals surface area contributed by atoms with Crippen LogP contribution in [0.25, 0.3) is 0 Å². The molecule has 15 heteroatoms. The van der Waals surface area contributed by atoms with Crippen LogP contribution in [-0.2, 0) is 25.7 Å². The predicted octanol–water partition coefficient (Wildman–Crippen LogP) is -1.38.